The lowest BCUT2D eigenvalue weighted by Gasteiger charge is -2.12. The smallest absolute Gasteiger partial charge is 0.168 e. The van der Waals surface area contributed by atoms with Crippen molar-refractivity contribution in [2.45, 2.75) is 13.3 Å². The van der Waals surface area contributed by atoms with Gasteiger partial charge in [-0.1, -0.05) is 6.07 Å². The van der Waals surface area contributed by atoms with Crippen molar-refractivity contribution in [3.63, 3.8) is 0 Å². The van der Waals surface area contributed by atoms with E-state index >= 15 is 0 Å². The van der Waals surface area contributed by atoms with Crippen LogP contribution >= 0.6 is 0 Å². The third-order valence-corrected chi connectivity index (χ3v) is 2.97. The second kappa shape index (κ2) is 6.43. The molecule has 0 aliphatic rings. The summed E-state index contributed by atoms with van der Waals surface area (Å²) in [5, 5.41) is 0.605. The van der Waals surface area contributed by atoms with Crippen molar-refractivity contribution in [3.8, 4) is 5.75 Å². The van der Waals surface area contributed by atoms with Gasteiger partial charge in [-0.2, -0.15) is 0 Å². The summed E-state index contributed by atoms with van der Waals surface area (Å²) in [5.74, 6) is 0.0150. The molecule has 0 N–H and O–H groups in total. The molecular weight excluding hydrogens is 261 g/mol. The molecule has 5 heteroatoms. The molecule has 20 heavy (non-hydrogen) atoms. The summed E-state index contributed by atoms with van der Waals surface area (Å²) in [6, 6.07) is 4.55. The Morgan fingerprint density at radius 2 is 2.15 bits per heavy atom. The second-order valence-electron chi connectivity index (χ2n) is 4.45. The van der Waals surface area contributed by atoms with Crippen molar-refractivity contribution in [1.82, 2.24) is 4.98 Å². The molecule has 2 rings (SSSR count). The standard InChI is InChI=1S/C15H16FNO3/c1-10-4-5-12(16)15-14(10)13(8-11(9-18)17-15)20-7-3-6-19-2/h4-5,8-9H,3,6-7H2,1-2H3. The van der Waals surface area contributed by atoms with Crippen LogP contribution in [0.3, 0.4) is 0 Å². The molecule has 2 aromatic rings. The quantitative estimate of drug-likeness (QED) is 0.601. The van der Waals surface area contributed by atoms with E-state index in [9.17, 15) is 9.18 Å². The van der Waals surface area contributed by atoms with Crippen LogP contribution in [0.1, 0.15) is 22.5 Å². The molecule has 1 heterocycles. The Bertz CT molecular complexity index is 628. The van der Waals surface area contributed by atoms with Gasteiger partial charge in [0.1, 0.15) is 22.8 Å². The number of carbonyl (C=O) groups excluding carboxylic acids is 1. The number of aldehydes is 1. The molecule has 0 radical (unpaired) electrons. The van der Waals surface area contributed by atoms with Crippen LogP contribution in [0.15, 0.2) is 18.2 Å². The van der Waals surface area contributed by atoms with Crippen LogP contribution in [-0.2, 0) is 4.74 Å². The van der Waals surface area contributed by atoms with Gasteiger partial charge < -0.3 is 9.47 Å². The monoisotopic (exact) mass is 277 g/mol. The zero-order valence-electron chi connectivity index (χ0n) is 11.5. The fraction of sp³-hybridized carbons (Fsp3) is 0.333. The summed E-state index contributed by atoms with van der Waals surface area (Å²) in [6.45, 7) is 2.87. The van der Waals surface area contributed by atoms with E-state index in [0.717, 1.165) is 5.56 Å². The van der Waals surface area contributed by atoms with Crippen molar-refractivity contribution in [2.24, 2.45) is 0 Å². The van der Waals surface area contributed by atoms with Gasteiger partial charge in [-0.05, 0) is 18.6 Å². The largest absolute Gasteiger partial charge is 0.493 e. The Kier molecular flexibility index (Phi) is 4.63. The number of hydrogen-bond acceptors (Lipinski definition) is 4. The van der Waals surface area contributed by atoms with Crippen LogP contribution in [0.2, 0.25) is 0 Å². The Balaban J connectivity index is 2.45. The lowest BCUT2D eigenvalue weighted by atomic mass is 10.1. The molecule has 0 aliphatic carbocycles. The zero-order chi connectivity index (χ0) is 14.5. The minimum absolute atomic E-state index is 0.156. The van der Waals surface area contributed by atoms with E-state index in [2.05, 4.69) is 4.98 Å². The third-order valence-electron chi connectivity index (χ3n) is 2.97. The SMILES string of the molecule is COCCCOc1cc(C=O)nc2c(F)ccc(C)c12. The van der Waals surface area contributed by atoms with Gasteiger partial charge in [-0.25, -0.2) is 9.37 Å². The molecule has 0 saturated carbocycles. The molecule has 0 amide bonds. The van der Waals surface area contributed by atoms with Crippen LogP contribution in [0.25, 0.3) is 10.9 Å². The number of hydrogen-bond donors (Lipinski definition) is 0. The molecule has 0 spiro atoms. The van der Waals surface area contributed by atoms with Crippen molar-refractivity contribution < 1.29 is 18.7 Å². The molecule has 0 aliphatic heterocycles. The highest BCUT2D eigenvalue weighted by atomic mass is 19.1. The first-order valence-corrected chi connectivity index (χ1v) is 6.34. The maximum atomic E-state index is 13.9. The summed E-state index contributed by atoms with van der Waals surface area (Å²) >= 11 is 0. The molecule has 0 unspecified atom stereocenters. The Morgan fingerprint density at radius 1 is 1.35 bits per heavy atom. The van der Waals surface area contributed by atoms with Crippen LogP contribution in [0, 0.1) is 12.7 Å². The van der Waals surface area contributed by atoms with E-state index in [-0.39, 0.29) is 11.2 Å². The Hall–Kier alpha value is -2.01. The van der Waals surface area contributed by atoms with Gasteiger partial charge in [0.2, 0.25) is 0 Å². The number of halogens is 1. The first kappa shape index (κ1) is 14.4. The number of methoxy groups -OCH3 is 1. The number of carbonyl (C=O) groups is 1. The lowest BCUT2D eigenvalue weighted by Crippen LogP contribution is -2.04. The molecule has 1 aromatic heterocycles. The van der Waals surface area contributed by atoms with Gasteiger partial charge in [-0.3, -0.25) is 4.79 Å². The summed E-state index contributed by atoms with van der Waals surface area (Å²) in [5.41, 5.74) is 1.17. The summed E-state index contributed by atoms with van der Waals surface area (Å²) < 4.78 is 24.5. The number of rotatable bonds is 6. The molecular formula is C15H16FNO3. The molecule has 1 aromatic carbocycles. The number of nitrogens with zero attached hydrogens (tertiary/aromatic N) is 1. The fourth-order valence-corrected chi connectivity index (χ4v) is 2.01. The molecule has 0 bridgehead atoms. The number of aryl methyl sites for hydroxylation is 1. The summed E-state index contributed by atoms with van der Waals surface area (Å²) in [4.78, 5) is 14.9. The van der Waals surface area contributed by atoms with E-state index in [1.807, 2.05) is 6.92 Å². The van der Waals surface area contributed by atoms with Crippen molar-refractivity contribution in [2.75, 3.05) is 20.3 Å². The zero-order valence-corrected chi connectivity index (χ0v) is 11.5. The van der Waals surface area contributed by atoms with Crippen LogP contribution in [-0.4, -0.2) is 31.6 Å². The first-order valence-electron chi connectivity index (χ1n) is 6.34. The minimum atomic E-state index is -0.462. The number of pyridine rings is 1. The van der Waals surface area contributed by atoms with Gasteiger partial charge in [-0.15, -0.1) is 0 Å². The van der Waals surface area contributed by atoms with Crippen molar-refractivity contribution in [3.05, 3.63) is 35.3 Å². The average Bonchev–Trinajstić information content (AvgIpc) is 2.47. The third kappa shape index (κ3) is 2.93. The summed E-state index contributed by atoms with van der Waals surface area (Å²) in [6.07, 6.45) is 1.30. The number of ether oxygens (including phenoxy) is 2. The van der Waals surface area contributed by atoms with Crippen LogP contribution < -0.4 is 4.74 Å². The highest BCUT2D eigenvalue weighted by molar-refractivity contribution is 5.91. The topological polar surface area (TPSA) is 48.4 Å². The maximum Gasteiger partial charge on any atom is 0.168 e. The van der Waals surface area contributed by atoms with E-state index in [1.165, 1.54) is 12.1 Å². The van der Waals surface area contributed by atoms with Gasteiger partial charge in [0, 0.05) is 31.6 Å². The van der Waals surface area contributed by atoms with Crippen molar-refractivity contribution in [1.29, 1.82) is 0 Å². The number of aromatic nitrogens is 1. The van der Waals surface area contributed by atoms with E-state index < -0.39 is 5.82 Å². The van der Waals surface area contributed by atoms with Crippen LogP contribution in [0.5, 0.6) is 5.75 Å². The van der Waals surface area contributed by atoms with Crippen molar-refractivity contribution >= 4 is 17.2 Å². The first-order chi connectivity index (χ1) is 9.67. The molecule has 4 nitrogen and oxygen atoms in total. The molecule has 0 fully saturated rings. The van der Waals surface area contributed by atoms with Gasteiger partial charge in [0.05, 0.1) is 6.61 Å². The minimum Gasteiger partial charge on any atom is -0.493 e. The van der Waals surface area contributed by atoms with E-state index in [1.54, 1.807) is 13.2 Å². The predicted molar refractivity (Wildman–Crippen MR) is 73.8 cm³/mol. The molecule has 106 valence electrons. The molecule has 0 saturated heterocycles. The molecule has 0 atom stereocenters. The highest BCUT2D eigenvalue weighted by Gasteiger charge is 2.13. The van der Waals surface area contributed by atoms with Gasteiger partial charge >= 0.3 is 0 Å². The number of benzene rings is 1. The normalized spacial score (nSPS) is 10.8. The van der Waals surface area contributed by atoms with E-state index in [4.69, 9.17) is 9.47 Å². The number of fused-ring (bicyclic) bond motifs is 1. The summed E-state index contributed by atoms with van der Waals surface area (Å²) in [7, 11) is 1.62. The van der Waals surface area contributed by atoms with Crippen LogP contribution in [0.4, 0.5) is 4.39 Å². The van der Waals surface area contributed by atoms with Gasteiger partial charge in [0.15, 0.2) is 6.29 Å². The van der Waals surface area contributed by atoms with Gasteiger partial charge in [0.25, 0.3) is 0 Å². The average molecular weight is 277 g/mol. The fourth-order valence-electron chi connectivity index (χ4n) is 2.01. The van der Waals surface area contributed by atoms with E-state index in [0.29, 0.717) is 37.1 Å². The Morgan fingerprint density at radius 3 is 2.85 bits per heavy atom. The Labute approximate surface area is 116 Å². The second-order valence-corrected chi connectivity index (χ2v) is 4.45. The predicted octanol–water partition coefficient (Wildman–Crippen LogP) is 2.91. The lowest BCUT2D eigenvalue weighted by molar-refractivity contribution is 0.111. The maximum absolute atomic E-state index is 13.9. The highest BCUT2D eigenvalue weighted by Crippen LogP contribution is 2.30.